The monoisotopic (exact) mass is 394 g/mol. The summed E-state index contributed by atoms with van der Waals surface area (Å²) in [5.41, 5.74) is 0.593. The summed E-state index contributed by atoms with van der Waals surface area (Å²) >= 11 is 12.0. The number of carbonyl (C=O) groups is 2. The second kappa shape index (κ2) is 9.36. The van der Waals surface area contributed by atoms with E-state index in [1.54, 1.807) is 43.3 Å². The van der Waals surface area contributed by atoms with Gasteiger partial charge < -0.3 is 10.2 Å². The summed E-state index contributed by atoms with van der Waals surface area (Å²) < 4.78 is 13.6. The Labute approximate surface area is 161 Å². The van der Waals surface area contributed by atoms with Gasteiger partial charge in [0.2, 0.25) is 11.8 Å². The van der Waals surface area contributed by atoms with Crippen molar-refractivity contribution in [3.63, 3.8) is 0 Å². The molecule has 2 amide bonds. The molecule has 0 saturated heterocycles. The fourth-order valence-corrected chi connectivity index (χ4v) is 2.68. The smallest absolute Gasteiger partial charge is 0.247 e. The summed E-state index contributed by atoms with van der Waals surface area (Å²) in [6, 6.07) is 11.0. The fraction of sp³-hybridized carbons (Fsp3) is 0.158. The van der Waals surface area contributed by atoms with Crippen molar-refractivity contribution in [2.45, 2.75) is 6.92 Å². The van der Waals surface area contributed by atoms with Crippen LogP contribution in [0.25, 0.3) is 6.08 Å². The third kappa shape index (κ3) is 5.31. The van der Waals surface area contributed by atoms with Crippen LogP contribution in [0, 0.1) is 5.82 Å². The Morgan fingerprint density at radius 2 is 1.77 bits per heavy atom. The van der Waals surface area contributed by atoms with Crippen LogP contribution in [0.2, 0.25) is 10.0 Å². The molecule has 0 heterocycles. The standard InChI is InChI=1S/C19H17Cl2FN2O2/c1-2-24(18(26)11-10-13-6-3-4-9-16(13)22)12-17(25)23-19-14(20)7-5-8-15(19)21/h3-11H,2,12H2,1H3,(H,23,25)/b11-10+. The molecule has 0 aliphatic carbocycles. The molecule has 26 heavy (non-hydrogen) atoms. The second-order valence-corrected chi connectivity index (χ2v) is 6.17. The Balaban J connectivity index is 2.03. The highest BCUT2D eigenvalue weighted by molar-refractivity contribution is 6.39. The van der Waals surface area contributed by atoms with Crippen LogP contribution in [0.3, 0.4) is 0 Å². The van der Waals surface area contributed by atoms with E-state index >= 15 is 0 Å². The molecule has 0 fully saturated rings. The van der Waals surface area contributed by atoms with Gasteiger partial charge >= 0.3 is 0 Å². The lowest BCUT2D eigenvalue weighted by Crippen LogP contribution is -2.37. The third-order valence-electron chi connectivity index (χ3n) is 3.57. The molecule has 0 radical (unpaired) electrons. The number of amides is 2. The van der Waals surface area contributed by atoms with Crippen LogP contribution in [-0.2, 0) is 9.59 Å². The van der Waals surface area contributed by atoms with E-state index in [0.29, 0.717) is 27.8 Å². The van der Waals surface area contributed by atoms with Gasteiger partial charge in [0.25, 0.3) is 0 Å². The number of benzene rings is 2. The average Bonchev–Trinajstić information content (AvgIpc) is 2.62. The van der Waals surface area contributed by atoms with Gasteiger partial charge in [-0.05, 0) is 31.2 Å². The zero-order chi connectivity index (χ0) is 19.1. The molecular weight excluding hydrogens is 378 g/mol. The summed E-state index contributed by atoms with van der Waals surface area (Å²) in [7, 11) is 0. The fourth-order valence-electron chi connectivity index (χ4n) is 2.19. The summed E-state index contributed by atoms with van der Waals surface area (Å²) in [4.78, 5) is 25.8. The molecule has 136 valence electrons. The lowest BCUT2D eigenvalue weighted by atomic mass is 10.2. The first-order chi connectivity index (χ1) is 12.4. The molecule has 0 atom stereocenters. The maximum Gasteiger partial charge on any atom is 0.247 e. The zero-order valence-electron chi connectivity index (χ0n) is 14.0. The first-order valence-electron chi connectivity index (χ1n) is 7.87. The van der Waals surface area contributed by atoms with Crippen molar-refractivity contribution in [3.8, 4) is 0 Å². The number of hydrogen-bond donors (Lipinski definition) is 1. The van der Waals surface area contributed by atoms with Crippen LogP contribution in [0.5, 0.6) is 0 Å². The van der Waals surface area contributed by atoms with Crippen molar-refractivity contribution in [2.75, 3.05) is 18.4 Å². The number of anilines is 1. The first kappa shape index (κ1) is 19.9. The van der Waals surface area contributed by atoms with Crippen LogP contribution < -0.4 is 5.32 Å². The van der Waals surface area contributed by atoms with E-state index in [0.717, 1.165) is 0 Å². The molecule has 0 unspecified atom stereocenters. The van der Waals surface area contributed by atoms with Gasteiger partial charge in [-0.3, -0.25) is 9.59 Å². The quantitative estimate of drug-likeness (QED) is 0.725. The van der Waals surface area contributed by atoms with Gasteiger partial charge in [-0.2, -0.15) is 0 Å². The van der Waals surface area contributed by atoms with Gasteiger partial charge in [-0.1, -0.05) is 47.5 Å². The van der Waals surface area contributed by atoms with Crippen molar-refractivity contribution in [3.05, 3.63) is 70.0 Å². The van der Waals surface area contributed by atoms with Crippen molar-refractivity contribution in [1.82, 2.24) is 4.90 Å². The van der Waals surface area contributed by atoms with Crippen molar-refractivity contribution < 1.29 is 14.0 Å². The molecule has 2 rings (SSSR count). The number of halogens is 3. The number of likely N-dealkylation sites (N-methyl/N-ethyl adjacent to an activating group) is 1. The normalized spacial score (nSPS) is 10.8. The lowest BCUT2D eigenvalue weighted by molar-refractivity contribution is -0.130. The number of rotatable bonds is 6. The van der Waals surface area contributed by atoms with E-state index < -0.39 is 17.6 Å². The van der Waals surface area contributed by atoms with Gasteiger partial charge in [-0.25, -0.2) is 4.39 Å². The van der Waals surface area contributed by atoms with Crippen LogP contribution in [0.15, 0.2) is 48.5 Å². The molecule has 2 aromatic rings. The molecule has 4 nitrogen and oxygen atoms in total. The zero-order valence-corrected chi connectivity index (χ0v) is 15.5. The minimum Gasteiger partial charge on any atom is -0.330 e. The Morgan fingerprint density at radius 3 is 2.38 bits per heavy atom. The van der Waals surface area contributed by atoms with Crippen molar-refractivity contribution >= 4 is 46.8 Å². The molecule has 0 bridgehead atoms. The summed E-state index contributed by atoms with van der Waals surface area (Å²) in [6.45, 7) is 1.87. The van der Waals surface area contributed by atoms with Crippen LogP contribution in [0.1, 0.15) is 12.5 Å². The predicted molar refractivity (Wildman–Crippen MR) is 103 cm³/mol. The minimum absolute atomic E-state index is 0.182. The molecule has 7 heteroatoms. The second-order valence-electron chi connectivity index (χ2n) is 5.35. The lowest BCUT2D eigenvalue weighted by Gasteiger charge is -2.19. The molecule has 0 aliphatic heterocycles. The number of nitrogens with zero attached hydrogens (tertiary/aromatic N) is 1. The molecule has 0 saturated carbocycles. The Morgan fingerprint density at radius 1 is 1.12 bits per heavy atom. The van der Waals surface area contributed by atoms with Gasteiger partial charge in [-0.15, -0.1) is 0 Å². The van der Waals surface area contributed by atoms with E-state index in [-0.39, 0.29) is 6.54 Å². The Kier molecular flexibility index (Phi) is 7.18. The van der Waals surface area contributed by atoms with E-state index in [9.17, 15) is 14.0 Å². The molecular formula is C19H17Cl2FN2O2. The van der Waals surface area contributed by atoms with Crippen LogP contribution >= 0.6 is 23.2 Å². The van der Waals surface area contributed by atoms with E-state index in [1.807, 2.05) is 0 Å². The van der Waals surface area contributed by atoms with Gasteiger partial charge in [0.15, 0.2) is 0 Å². The molecule has 1 N–H and O–H groups in total. The van der Waals surface area contributed by atoms with Crippen LogP contribution in [0.4, 0.5) is 10.1 Å². The number of para-hydroxylation sites is 1. The number of nitrogens with one attached hydrogen (secondary N) is 1. The van der Waals surface area contributed by atoms with E-state index in [2.05, 4.69) is 5.32 Å². The Bertz CT molecular complexity index is 820. The Hall–Kier alpha value is -2.37. The SMILES string of the molecule is CCN(CC(=O)Nc1c(Cl)cccc1Cl)C(=O)/C=C/c1ccccc1F. The van der Waals surface area contributed by atoms with Gasteiger partial charge in [0, 0.05) is 18.2 Å². The predicted octanol–water partition coefficient (Wildman–Crippen LogP) is 4.63. The van der Waals surface area contributed by atoms with E-state index in [4.69, 9.17) is 23.2 Å². The highest BCUT2D eigenvalue weighted by Crippen LogP contribution is 2.29. The number of carbonyl (C=O) groups excluding carboxylic acids is 2. The summed E-state index contributed by atoms with van der Waals surface area (Å²) in [5.74, 6) is -1.27. The highest BCUT2D eigenvalue weighted by atomic mass is 35.5. The van der Waals surface area contributed by atoms with Crippen LogP contribution in [-0.4, -0.2) is 29.8 Å². The number of hydrogen-bond acceptors (Lipinski definition) is 2. The summed E-state index contributed by atoms with van der Waals surface area (Å²) in [5, 5.41) is 3.21. The first-order valence-corrected chi connectivity index (χ1v) is 8.63. The molecule has 0 aliphatic rings. The summed E-state index contributed by atoms with van der Waals surface area (Å²) in [6.07, 6.45) is 2.61. The minimum atomic E-state index is -0.436. The maximum absolute atomic E-state index is 13.6. The molecule has 0 spiro atoms. The molecule has 0 aromatic heterocycles. The third-order valence-corrected chi connectivity index (χ3v) is 4.20. The van der Waals surface area contributed by atoms with E-state index in [1.165, 1.54) is 23.1 Å². The largest absolute Gasteiger partial charge is 0.330 e. The van der Waals surface area contributed by atoms with Crippen molar-refractivity contribution in [2.24, 2.45) is 0 Å². The average molecular weight is 395 g/mol. The van der Waals surface area contributed by atoms with Crippen molar-refractivity contribution in [1.29, 1.82) is 0 Å². The van der Waals surface area contributed by atoms with Gasteiger partial charge in [0.1, 0.15) is 12.4 Å². The maximum atomic E-state index is 13.6. The van der Waals surface area contributed by atoms with Gasteiger partial charge in [0.05, 0.1) is 15.7 Å². The highest BCUT2D eigenvalue weighted by Gasteiger charge is 2.15. The topological polar surface area (TPSA) is 49.4 Å². The molecule has 2 aromatic carbocycles.